The molecule has 0 spiro atoms. The molecule has 106 valence electrons. The van der Waals surface area contributed by atoms with E-state index < -0.39 is 21.7 Å². The topological polar surface area (TPSA) is 124 Å². The van der Waals surface area contributed by atoms with Crippen LogP contribution in [-0.2, 0) is 14.6 Å². The van der Waals surface area contributed by atoms with Crippen LogP contribution in [0.5, 0.6) is 5.75 Å². The van der Waals surface area contributed by atoms with Crippen LogP contribution in [-0.4, -0.2) is 43.5 Å². The van der Waals surface area contributed by atoms with Crippen LogP contribution < -0.4 is 10.5 Å². The van der Waals surface area contributed by atoms with Gasteiger partial charge in [-0.05, 0) is 11.4 Å². The van der Waals surface area contributed by atoms with E-state index >= 15 is 0 Å². The normalized spacial score (nSPS) is 11.2. The van der Waals surface area contributed by atoms with E-state index in [-0.39, 0.29) is 35.2 Å². The Balaban J connectivity index is 2.47. The molecule has 1 aromatic rings. The van der Waals surface area contributed by atoms with E-state index in [9.17, 15) is 18.0 Å². The standard InChI is InChI=1S/C10H13NO6S2/c11-8(12)2-5-19(15,16)6-3-17-7-1-4-18-9(7)10(13)14/h1,4H,2-3,5-6H2,(H2,11,12)(H,13,14). The molecule has 1 heterocycles. The van der Waals surface area contributed by atoms with Crippen LogP contribution >= 0.6 is 11.3 Å². The second-order valence-electron chi connectivity index (χ2n) is 3.64. The van der Waals surface area contributed by atoms with Crippen LogP contribution in [0.4, 0.5) is 0 Å². The van der Waals surface area contributed by atoms with E-state index in [2.05, 4.69) is 0 Å². The molecule has 0 atom stereocenters. The fraction of sp³-hybridized carbons (Fsp3) is 0.400. The van der Waals surface area contributed by atoms with Gasteiger partial charge in [0.2, 0.25) is 5.91 Å². The summed E-state index contributed by atoms with van der Waals surface area (Å²) in [5, 5.41) is 10.4. The van der Waals surface area contributed by atoms with Gasteiger partial charge in [-0.3, -0.25) is 4.79 Å². The maximum atomic E-state index is 11.5. The van der Waals surface area contributed by atoms with Crippen molar-refractivity contribution in [3.63, 3.8) is 0 Å². The molecule has 3 N–H and O–H groups in total. The predicted octanol–water partition coefficient (Wildman–Crippen LogP) is 0.115. The highest BCUT2D eigenvalue weighted by Gasteiger charge is 2.16. The van der Waals surface area contributed by atoms with Crippen molar-refractivity contribution < 1.29 is 27.9 Å². The Morgan fingerprint density at radius 3 is 2.63 bits per heavy atom. The Morgan fingerprint density at radius 2 is 2.05 bits per heavy atom. The molecule has 0 saturated heterocycles. The molecule has 19 heavy (non-hydrogen) atoms. The molecule has 0 unspecified atom stereocenters. The third-order valence-corrected chi connectivity index (χ3v) is 4.63. The van der Waals surface area contributed by atoms with E-state index in [1.807, 2.05) is 0 Å². The first-order valence-electron chi connectivity index (χ1n) is 5.24. The molecule has 1 amide bonds. The van der Waals surface area contributed by atoms with Crippen LogP contribution in [0, 0.1) is 0 Å². The highest BCUT2D eigenvalue weighted by atomic mass is 32.2. The van der Waals surface area contributed by atoms with Gasteiger partial charge >= 0.3 is 5.97 Å². The van der Waals surface area contributed by atoms with Crippen LogP contribution in [0.15, 0.2) is 11.4 Å². The van der Waals surface area contributed by atoms with Gasteiger partial charge in [0.1, 0.15) is 12.4 Å². The maximum absolute atomic E-state index is 11.5. The maximum Gasteiger partial charge on any atom is 0.349 e. The van der Waals surface area contributed by atoms with Gasteiger partial charge in [0.05, 0.1) is 11.5 Å². The zero-order chi connectivity index (χ0) is 14.5. The highest BCUT2D eigenvalue weighted by Crippen LogP contribution is 2.24. The molecule has 0 aromatic carbocycles. The number of hydrogen-bond acceptors (Lipinski definition) is 6. The Hall–Kier alpha value is -1.61. The van der Waals surface area contributed by atoms with E-state index in [1.165, 1.54) is 6.07 Å². The molecular weight excluding hydrogens is 294 g/mol. The summed E-state index contributed by atoms with van der Waals surface area (Å²) in [6.45, 7) is -0.169. The summed E-state index contributed by atoms with van der Waals surface area (Å²) in [6, 6.07) is 1.46. The lowest BCUT2D eigenvalue weighted by atomic mass is 10.4. The van der Waals surface area contributed by atoms with Gasteiger partial charge in [0, 0.05) is 6.42 Å². The summed E-state index contributed by atoms with van der Waals surface area (Å²) in [4.78, 5) is 21.3. The van der Waals surface area contributed by atoms with Crippen molar-refractivity contribution in [2.75, 3.05) is 18.1 Å². The average Bonchev–Trinajstić information content (AvgIpc) is 2.75. The largest absolute Gasteiger partial charge is 0.491 e. The molecule has 9 heteroatoms. The summed E-state index contributed by atoms with van der Waals surface area (Å²) < 4.78 is 28.1. The minimum Gasteiger partial charge on any atom is -0.491 e. The van der Waals surface area contributed by atoms with E-state index in [0.717, 1.165) is 11.3 Å². The van der Waals surface area contributed by atoms with Crippen molar-refractivity contribution in [3.8, 4) is 5.75 Å². The zero-order valence-electron chi connectivity index (χ0n) is 9.87. The lowest BCUT2D eigenvalue weighted by Gasteiger charge is -2.06. The highest BCUT2D eigenvalue weighted by molar-refractivity contribution is 7.91. The number of nitrogens with two attached hydrogens (primary N) is 1. The second kappa shape index (κ2) is 6.53. The zero-order valence-corrected chi connectivity index (χ0v) is 11.5. The Morgan fingerprint density at radius 1 is 1.37 bits per heavy atom. The van der Waals surface area contributed by atoms with Gasteiger partial charge < -0.3 is 15.6 Å². The van der Waals surface area contributed by atoms with Crippen molar-refractivity contribution >= 4 is 33.1 Å². The second-order valence-corrected chi connectivity index (χ2v) is 6.86. The lowest BCUT2D eigenvalue weighted by Crippen LogP contribution is -2.21. The number of carboxylic acids is 1. The van der Waals surface area contributed by atoms with E-state index in [4.69, 9.17) is 15.6 Å². The number of primary amides is 1. The number of carbonyl (C=O) groups is 2. The lowest BCUT2D eigenvalue weighted by molar-refractivity contribution is -0.117. The van der Waals surface area contributed by atoms with Crippen LogP contribution in [0.25, 0.3) is 0 Å². The summed E-state index contributed by atoms with van der Waals surface area (Å²) in [5.41, 5.74) is 4.86. The molecule has 0 saturated carbocycles. The monoisotopic (exact) mass is 307 g/mol. The average molecular weight is 307 g/mol. The number of rotatable bonds is 8. The molecule has 0 aliphatic rings. The number of carboxylic acid groups (broad SMARTS) is 1. The quantitative estimate of drug-likeness (QED) is 0.702. The van der Waals surface area contributed by atoms with Crippen LogP contribution in [0.3, 0.4) is 0 Å². The van der Waals surface area contributed by atoms with Crippen molar-refractivity contribution in [3.05, 3.63) is 16.3 Å². The fourth-order valence-electron chi connectivity index (χ4n) is 1.20. The predicted molar refractivity (Wildman–Crippen MR) is 69.2 cm³/mol. The molecule has 1 aromatic heterocycles. The summed E-state index contributed by atoms with van der Waals surface area (Å²) in [6.07, 6.45) is -0.235. The molecule has 7 nitrogen and oxygen atoms in total. The van der Waals surface area contributed by atoms with Gasteiger partial charge in [0.15, 0.2) is 14.7 Å². The van der Waals surface area contributed by atoms with Crippen molar-refractivity contribution in [1.82, 2.24) is 0 Å². The number of aromatic carboxylic acids is 1. The summed E-state index contributed by atoms with van der Waals surface area (Å²) in [7, 11) is -3.43. The molecule has 0 bridgehead atoms. The molecule has 0 fully saturated rings. The third kappa shape index (κ3) is 5.26. The number of hydrogen-bond donors (Lipinski definition) is 2. The first kappa shape index (κ1) is 15.4. The van der Waals surface area contributed by atoms with Crippen LogP contribution in [0.2, 0.25) is 0 Å². The molecule has 1 rings (SSSR count). The molecule has 0 aliphatic carbocycles. The van der Waals surface area contributed by atoms with E-state index in [1.54, 1.807) is 5.38 Å². The van der Waals surface area contributed by atoms with E-state index in [0.29, 0.717) is 0 Å². The van der Waals surface area contributed by atoms with Crippen molar-refractivity contribution in [2.45, 2.75) is 6.42 Å². The minimum absolute atomic E-state index is 0.0227. The summed E-state index contributed by atoms with van der Waals surface area (Å²) >= 11 is 0.995. The molecule has 0 radical (unpaired) electrons. The Bertz CT molecular complexity index is 562. The number of carbonyl (C=O) groups excluding carboxylic acids is 1. The number of sulfone groups is 1. The van der Waals surface area contributed by atoms with Gasteiger partial charge in [-0.1, -0.05) is 0 Å². The fourth-order valence-corrected chi connectivity index (χ4v) is 2.93. The Kier molecular flexibility index (Phi) is 5.31. The smallest absolute Gasteiger partial charge is 0.349 e. The van der Waals surface area contributed by atoms with Gasteiger partial charge in [-0.15, -0.1) is 11.3 Å². The number of thiophene rings is 1. The van der Waals surface area contributed by atoms with Crippen molar-refractivity contribution in [2.24, 2.45) is 5.73 Å². The van der Waals surface area contributed by atoms with Crippen molar-refractivity contribution in [1.29, 1.82) is 0 Å². The Labute approximate surface area is 113 Å². The molecular formula is C10H13NO6S2. The SMILES string of the molecule is NC(=O)CCS(=O)(=O)CCOc1ccsc1C(=O)O. The van der Waals surface area contributed by atoms with Gasteiger partial charge in [-0.25, -0.2) is 13.2 Å². The van der Waals surface area contributed by atoms with Gasteiger partial charge in [-0.2, -0.15) is 0 Å². The summed E-state index contributed by atoms with van der Waals surface area (Å²) in [5.74, 6) is -2.30. The third-order valence-electron chi connectivity index (χ3n) is 2.13. The minimum atomic E-state index is -3.43. The first-order valence-corrected chi connectivity index (χ1v) is 7.94. The number of amides is 1. The molecule has 0 aliphatic heterocycles. The van der Waals surface area contributed by atoms with Crippen LogP contribution in [0.1, 0.15) is 16.1 Å². The number of ether oxygens (including phenoxy) is 1. The van der Waals surface area contributed by atoms with Gasteiger partial charge in [0.25, 0.3) is 0 Å². The first-order chi connectivity index (χ1) is 8.82.